The molecule has 0 fully saturated rings. The summed E-state index contributed by atoms with van der Waals surface area (Å²) in [6.45, 7) is 4.19. The molecule has 0 amide bonds. The molecular formula is C6H15BO. The van der Waals surface area contributed by atoms with Gasteiger partial charge in [-0.05, 0) is 6.42 Å². The molecule has 0 aliphatic carbocycles. The van der Waals surface area contributed by atoms with E-state index in [9.17, 15) is 0 Å². The van der Waals surface area contributed by atoms with Gasteiger partial charge in [-0.15, -0.1) is 0 Å². The minimum Gasteiger partial charge on any atom is -0.402 e. The van der Waals surface area contributed by atoms with Crippen LogP contribution in [0.1, 0.15) is 26.7 Å². The molecule has 2 heteroatoms. The Hall–Kier alpha value is 0.0249. The monoisotopic (exact) mass is 114 g/mol. The fraction of sp³-hybridized carbons (Fsp3) is 1.00. The Morgan fingerprint density at radius 2 is 2.12 bits per heavy atom. The standard InChI is InChI=1S/C6H15BO/c1-3-5-6(8)7-4-2/h6-8H,3-5H2,1-2H3. The predicted molar refractivity (Wildman–Crippen MR) is 38.5 cm³/mol. The van der Waals surface area contributed by atoms with Gasteiger partial charge in [0.25, 0.3) is 0 Å². The molecule has 0 aliphatic heterocycles. The highest BCUT2D eigenvalue weighted by Crippen LogP contribution is 1.94. The molecule has 1 nitrogen and oxygen atoms in total. The molecular weight excluding hydrogens is 98.9 g/mol. The Balaban J connectivity index is 2.92. The maximum absolute atomic E-state index is 9.05. The molecule has 0 aromatic carbocycles. The Labute approximate surface area is 52.3 Å². The van der Waals surface area contributed by atoms with Crippen molar-refractivity contribution >= 4 is 7.28 Å². The van der Waals surface area contributed by atoms with Gasteiger partial charge in [-0.25, -0.2) is 0 Å². The molecule has 0 saturated heterocycles. The van der Waals surface area contributed by atoms with E-state index in [4.69, 9.17) is 5.11 Å². The van der Waals surface area contributed by atoms with Crippen LogP contribution in [0.5, 0.6) is 0 Å². The average Bonchev–Trinajstić information content (AvgIpc) is 1.68. The van der Waals surface area contributed by atoms with Gasteiger partial charge in [-0.3, -0.25) is 0 Å². The van der Waals surface area contributed by atoms with E-state index in [1.54, 1.807) is 0 Å². The molecule has 0 radical (unpaired) electrons. The molecule has 0 rings (SSSR count). The number of hydrogen-bond acceptors (Lipinski definition) is 1. The lowest BCUT2D eigenvalue weighted by molar-refractivity contribution is 0.240. The molecule has 8 heavy (non-hydrogen) atoms. The average molecular weight is 114 g/mol. The van der Waals surface area contributed by atoms with Gasteiger partial charge >= 0.3 is 0 Å². The van der Waals surface area contributed by atoms with Crippen LogP contribution in [0.15, 0.2) is 0 Å². The van der Waals surface area contributed by atoms with Crippen LogP contribution in [0, 0.1) is 0 Å². The van der Waals surface area contributed by atoms with Gasteiger partial charge in [0.2, 0.25) is 0 Å². The maximum atomic E-state index is 9.05. The van der Waals surface area contributed by atoms with Gasteiger partial charge in [-0.1, -0.05) is 26.6 Å². The first-order chi connectivity index (χ1) is 3.81. The van der Waals surface area contributed by atoms with Crippen LogP contribution in [0.25, 0.3) is 0 Å². The van der Waals surface area contributed by atoms with E-state index in [2.05, 4.69) is 13.8 Å². The summed E-state index contributed by atoms with van der Waals surface area (Å²) in [5.41, 5.74) is 0. The van der Waals surface area contributed by atoms with Crippen molar-refractivity contribution in [3.05, 3.63) is 0 Å². The van der Waals surface area contributed by atoms with Gasteiger partial charge in [-0.2, -0.15) is 0 Å². The Bertz CT molecular complexity index is 41.8. The summed E-state index contributed by atoms with van der Waals surface area (Å²) in [6, 6.07) is -0.0370. The van der Waals surface area contributed by atoms with E-state index in [1.807, 2.05) is 0 Å². The highest BCUT2D eigenvalue weighted by molar-refractivity contribution is 6.36. The predicted octanol–water partition coefficient (Wildman–Crippen LogP) is 0.980. The second kappa shape index (κ2) is 5.17. The van der Waals surface area contributed by atoms with Crippen molar-refractivity contribution in [2.45, 2.75) is 39.0 Å². The third kappa shape index (κ3) is 4.19. The van der Waals surface area contributed by atoms with Crippen molar-refractivity contribution in [2.75, 3.05) is 0 Å². The minimum absolute atomic E-state index is 0.0370. The second-order valence-corrected chi connectivity index (χ2v) is 2.23. The van der Waals surface area contributed by atoms with Gasteiger partial charge < -0.3 is 5.11 Å². The van der Waals surface area contributed by atoms with Crippen molar-refractivity contribution in [2.24, 2.45) is 0 Å². The van der Waals surface area contributed by atoms with Crippen LogP contribution in [-0.2, 0) is 0 Å². The van der Waals surface area contributed by atoms with Crippen molar-refractivity contribution in [3.63, 3.8) is 0 Å². The lowest BCUT2D eigenvalue weighted by Crippen LogP contribution is -2.13. The zero-order valence-corrected chi connectivity index (χ0v) is 5.85. The Kier molecular flexibility index (Phi) is 5.18. The molecule has 0 bridgehead atoms. The first-order valence-corrected chi connectivity index (χ1v) is 3.49. The van der Waals surface area contributed by atoms with Crippen LogP contribution < -0.4 is 0 Å². The maximum Gasteiger partial charge on any atom is 0.157 e. The summed E-state index contributed by atoms with van der Waals surface area (Å²) < 4.78 is 0. The van der Waals surface area contributed by atoms with Crippen molar-refractivity contribution < 1.29 is 5.11 Å². The molecule has 1 unspecified atom stereocenters. The number of rotatable bonds is 4. The molecule has 0 spiro atoms. The van der Waals surface area contributed by atoms with Gasteiger partial charge in [0.1, 0.15) is 0 Å². The largest absolute Gasteiger partial charge is 0.402 e. The zero-order valence-electron chi connectivity index (χ0n) is 5.85. The van der Waals surface area contributed by atoms with Gasteiger partial charge in [0.05, 0.1) is 0 Å². The molecule has 0 heterocycles. The minimum atomic E-state index is -0.0370. The molecule has 0 saturated carbocycles. The topological polar surface area (TPSA) is 20.2 Å². The van der Waals surface area contributed by atoms with E-state index in [-0.39, 0.29) is 6.00 Å². The zero-order chi connectivity index (χ0) is 6.41. The summed E-state index contributed by atoms with van der Waals surface area (Å²) >= 11 is 0. The first kappa shape index (κ1) is 8.02. The smallest absolute Gasteiger partial charge is 0.157 e. The highest BCUT2D eigenvalue weighted by atomic mass is 16.3. The van der Waals surface area contributed by atoms with Crippen molar-refractivity contribution in [1.82, 2.24) is 0 Å². The third-order valence-corrected chi connectivity index (χ3v) is 1.24. The fourth-order valence-electron chi connectivity index (χ4n) is 0.811. The SMILES string of the molecule is CCBC(O)CCC. The summed E-state index contributed by atoms with van der Waals surface area (Å²) in [4.78, 5) is 0. The van der Waals surface area contributed by atoms with E-state index in [0.29, 0.717) is 0 Å². The summed E-state index contributed by atoms with van der Waals surface area (Å²) in [6.07, 6.45) is 3.16. The van der Waals surface area contributed by atoms with Crippen molar-refractivity contribution in [1.29, 1.82) is 0 Å². The molecule has 0 aromatic rings. The van der Waals surface area contributed by atoms with E-state index < -0.39 is 0 Å². The highest BCUT2D eigenvalue weighted by Gasteiger charge is 2.00. The van der Waals surface area contributed by atoms with Crippen LogP contribution in [0.2, 0.25) is 6.32 Å². The molecule has 0 aliphatic rings. The van der Waals surface area contributed by atoms with Gasteiger partial charge in [0.15, 0.2) is 7.28 Å². The van der Waals surface area contributed by atoms with E-state index in [0.717, 1.165) is 26.4 Å². The fourth-order valence-corrected chi connectivity index (χ4v) is 0.811. The summed E-state index contributed by atoms with van der Waals surface area (Å²) in [7, 11) is 0.966. The molecule has 1 N–H and O–H groups in total. The number of aliphatic hydroxyl groups excluding tert-OH is 1. The Morgan fingerprint density at radius 3 is 2.50 bits per heavy atom. The lowest BCUT2D eigenvalue weighted by atomic mass is 9.67. The Morgan fingerprint density at radius 1 is 1.50 bits per heavy atom. The van der Waals surface area contributed by atoms with Crippen molar-refractivity contribution in [3.8, 4) is 0 Å². The molecule has 48 valence electrons. The lowest BCUT2D eigenvalue weighted by Gasteiger charge is -2.03. The second-order valence-electron chi connectivity index (χ2n) is 2.23. The molecule has 0 aromatic heterocycles. The number of aliphatic hydroxyl groups is 1. The van der Waals surface area contributed by atoms with Gasteiger partial charge in [0, 0.05) is 6.00 Å². The first-order valence-electron chi connectivity index (χ1n) is 3.49. The van der Waals surface area contributed by atoms with Crippen LogP contribution >= 0.6 is 0 Å². The van der Waals surface area contributed by atoms with E-state index >= 15 is 0 Å². The summed E-state index contributed by atoms with van der Waals surface area (Å²) in [5.74, 6) is 0. The summed E-state index contributed by atoms with van der Waals surface area (Å²) in [5, 5.41) is 9.05. The third-order valence-electron chi connectivity index (χ3n) is 1.24. The number of hydrogen-bond donors (Lipinski definition) is 1. The normalized spacial score (nSPS) is 13.4. The molecule has 1 atom stereocenters. The van der Waals surface area contributed by atoms with Crippen LogP contribution in [0.3, 0.4) is 0 Å². The van der Waals surface area contributed by atoms with Crippen LogP contribution in [0.4, 0.5) is 0 Å². The van der Waals surface area contributed by atoms with Crippen LogP contribution in [-0.4, -0.2) is 18.4 Å². The van der Waals surface area contributed by atoms with E-state index in [1.165, 1.54) is 0 Å². The quantitative estimate of drug-likeness (QED) is 0.540.